The fourth-order valence-electron chi connectivity index (χ4n) is 3.21. The average Bonchev–Trinajstić information content (AvgIpc) is 3.27. The molecule has 0 aliphatic carbocycles. The molecule has 0 fully saturated rings. The zero-order chi connectivity index (χ0) is 26.0. The minimum atomic E-state index is -3.94. The number of nitrogens with one attached hydrogen (secondary N) is 2. The molecule has 2 aromatic heterocycles. The molecule has 0 atom stereocenters. The normalized spacial score (nSPS) is 11.4. The average molecular weight is 532 g/mol. The Morgan fingerprint density at radius 2 is 1.86 bits per heavy atom. The van der Waals surface area contributed by atoms with Gasteiger partial charge in [0.1, 0.15) is 17.1 Å². The van der Waals surface area contributed by atoms with E-state index in [1.165, 1.54) is 39.4 Å². The molecular formula is C22H21N5O7S2. The van der Waals surface area contributed by atoms with Crippen molar-refractivity contribution in [3.05, 3.63) is 69.4 Å². The molecule has 2 heterocycles. The molecule has 1 amide bonds. The van der Waals surface area contributed by atoms with E-state index in [2.05, 4.69) is 15.0 Å². The van der Waals surface area contributed by atoms with Crippen LogP contribution in [0.3, 0.4) is 0 Å². The quantitative estimate of drug-likeness (QED) is 0.324. The summed E-state index contributed by atoms with van der Waals surface area (Å²) in [7, 11) is 0.268. The Morgan fingerprint density at radius 1 is 1.11 bits per heavy atom. The lowest BCUT2D eigenvalue weighted by Gasteiger charge is -2.11. The minimum absolute atomic E-state index is 0.0323. The maximum absolute atomic E-state index is 12.9. The van der Waals surface area contributed by atoms with Gasteiger partial charge >= 0.3 is 5.69 Å². The number of aromatic nitrogens is 3. The van der Waals surface area contributed by atoms with Crippen molar-refractivity contribution in [1.29, 1.82) is 0 Å². The van der Waals surface area contributed by atoms with Crippen molar-refractivity contribution in [2.45, 2.75) is 10.1 Å². The number of benzene rings is 2. The molecule has 0 unspecified atom stereocenters. The van der Waals surface area contributed by atoms with E-state index in [4.69, 9.17) is 9.15 Å². The van der Waals surface area contributed by atoms with Crippen LogP contribution in [0, 0.1) is 0 Å². The predicted octanol–water partition coefficient (Wildman–Crippen LogP) is 1.77. The number of para-hydroxylation sites is 2. The van der Waals surface area contributed by atoms with Gasteiger partial charge in [0.15, 0.2) is 5.58 Å². The number of carbonyl (C=O) groups excluding carboxylic acids is 1. The number of nitrogens with zero attached hydrogens (tertiary/aromatic N) is 3. The number of sulfonamides is 1. The van der Waals surface area contributed by atoms with Gasteiger partial charge in [-0.2, -0.15) is 0 Å². The van der Waals surface area contributed by atoms with Crippen molar-refractivity contribution in [2.24, 2.45) is 14.1 Å². The number of thioether (sulfide) groups is 1. The molecule has 4 aromatic rings. The Labute approximate surface area is 209 Å². The first-order valence-electron chi connectivity index (χ1n) is 10.3. The SMILES string of the molecule is COc1ccccc1NS(=O)(=O)c1ccc2oc(SCC(=O)Nc3cc(=O)n(C)c(=O)n3C)nc2c1. The Kier molecular flexibility index (Phi) is 6.90. The third-order valence-electron chi connectivity index (χ3n) is 5.12. The first-order chi connectivity index (χ1) is 17.1. The van der Waals surface area contributed by atoms with Crippen LogP contribution in [-0.2, 0) is 28.9 Å². The number of hydrogen-bond donors (Lipinski definition) is 2. The summed E-state index contributed by atoms with van der Waals surface area (Å²) in [5.74, 6) is -0.188. The van der Waals surface area contributed by atoms with Crippen molar-refractivity contribution in [2.75, 3.05) is 22.9 Å². The highest BCUT2D eigenvalue weighted by atomic mass is 32.2. The Bertz CT molecular complexity index is 1690. The second kappa shape index (κ2) is 9.91. The molecule has 2 N–H and O–H groups in total. The summed E-state index contributed by atoms with van der Waals surface area (Å²) in [4.78, 5) is 40.4. The molecule has 0 spiro atoms. The van der Waals surface area contributed by atoms with Crippen molar-refractivity contribution in [1.82, 2.24) is 14.1 Å². The van der Waals surface area contributed by atoms with Gasteiger partial charge in [-0.25, -0.2) is 18.2 Å². The van der Waals surface area contributed by atoms with Crippen LogP contribution in [0.2, 0.25) is 0 Å². The molecular weight excluding hydrogens is 510 g/mol. The van der Waals surface area contributed by atoms with Crippen molar-refractivity contribution in [3.63, 3.8) is 0 Å². The van der Waals surface area contributed by atoms with Crippen LogP contribution >= 0.6 is 11.8 Å². The van der Waals surface area contributed by atoms with E-state index in [0.29, 0.717) is 11.3 Å². The van der Waals surface area contributed by atoms with E-state index in [1.54, 1.807) is 24.3 Å². The van der Waals surface area contributed by atoms with Crippen LogP contribution in [-0.4, -0.2) is 41.3 Å². The molecule has 12 nitrogen and oxygen atoms in total. The van der Waals surface area contributed by atoms with Gasteiger partial charge in [0.25, 0.3) is 20.8 Å². The van der Waals surface area contributed by atoms with Crippen LogP contribution in [0.15, 0.2) is 72.7 Å². The summed E-state index contributed by atoms with van der Waals surface area (Å²) in [6.45, 7) is 0. The van der Waals surface area contributed by atoms with Gasteiger partial charge < -0.3 is 14.5 Å². The molecule has 2 aromatic carbocycles. The van der Waals surface area contributed by atoms with E-state index < -0.39 is 27.2 Å². The van der Waals surface area contributed by atoms with E-state index in [1.807, 2.05) is 0 Å². The summed E-state index contributed by atoms with van der Waals surface area (Å²) >= 11 is 0.970. The largest absolute Gasteiger partial charge is 0.495 e. The number of oxazole rings is 1. The zero-order valence-corrected chi connectivity index (χ0v) is 21.0. The molecule has 0 radical (unpaired) electrons. The van der Waals surface area contributed by atoms with E-state index in [0.717, 1.165) is 27.0 Å². The Hall–Kier alpha value is -4.04. The molecule has 0 bridgehead atoms. The third-order valence-corrected chi connectivity index (χ3v) is 7.31. The van der Waals surface area contributed by atoms with Gasteiger partial charge in [0.05, 0.1) is 23.4 Å². The topological polar surface area (TPSA) is 155 Å². The van der Waals surface area contributed by atoms with E-state index >= 15 is 0 Å². The summed E-state index contributed by atoms with van der Waals surface area (Å²) in [6.07, 6.45) is 0. The number of methoxy groups -OCH3 is 1. The number of amides is 1. The predicted molar refractivity (Wildman–Crippen MR) is 134 cm³/mol. The van der Waals surface area contributed by atoms with Crippen molar-refractivity contribution in [3.8, 4) is 5.75 Å². The molecule has 4 rings (SSSR count). The van der Waals surface area contributed by atoms with Crippen molar-refractivity contribution < 1.29 is 22.4 Å². The first-order valence-corrected chi connectivity index (χ1v) is 12.8. The maximum Gasteiger partial charge on any atom is 0.332 e. The lowest BCUT2D eigenvalue weighted by molar-refractivity contribution is -0.113. The third kappa shape index (κ3) is 5.13. The van der Waals surface area contributed by atoms with E-state index in [9.17, 15) is 22.8 Å². The highest BCUT2D eigenvalue weighted by Gasteiger charge is 2.19. The van der Waals surface area contributed by atoms with Crippen molar-refractivity contribution >= 4 is 50.3 Å². The van der Waals surface area contributed by atoms with Gasteiger partial charge in [0.2, 0.25) is 5.91 Å². The number of carbonyl (C=O) groups is 1. The lowest BCUT2D eigenvalue weighted by atomic mass is 10.3. The number of rotatable bonds is 8. The highest BCUT2D eigenvalue weighted by molar-refractivity contribution is 7.99. The number of anilines is 2. The van der Waals surface area contributed by atoms with Crippen LogP contribution in [0.5, 0.6) is 5.75 Å². The Morgan fingerprint density at radius 3 is 2.61 bits per heavy atom. The van der Waals surface area contributed by atoms with Crippen LogP contribution < -0.4 is 26.0 Å². The van der Waals surface area contributed by atoms with Gasteiger partial charge in [-0.3, -0.25) is 23.4 Å². The molecule has 188 valence electrons. The second-order valence-electron chi connectivity index (χ2n) is 7.52. The monoisotopic (exact) mass is 531 g/mol. The minimum Gasteiger partial charge on any atom is -0.495 e. The van der Waals surface area contributed by atoms with Crippen LogP contribution in [0.25, 0.3) is 11.1 Å². The summed E-state index contributed by atoms with van der Waals surface area (Å²) < 4.78 is 41.1. The Balaban J connectivity index is 1.47. The lowest BCUT2D eigenvalue weighted by Crippen LogP contribution is -2.38. The number of fused-ring (bicyclic) bond motifs is 1. The summed E-state index contributed by atoms with van der Waals surface area (Å²) in [5.41, 5.74) is -0.213. The smallest absolute Gasteiger partial charge is 0.332 e. The van der Waals surface area contributed by atoms with Gasteiger partial charge in [0, 0.05) is 20.2 Å². The van der Waals surface area contributed by atoms with Crippen LogP contribution in [0.1, 0.15) is 0 Å². The second-order valence-corrected chi connectivity index (χ2v) is 10.1. The fourth-order valence-corrected chi connectivity index (χ4v) is 4.94. The standard InChI is InChI=1S/C22H21N5O7S2/c1-26-18(11-20(29)27(2)22(26)30)24-19(28)12-35-21-23-15-10-13(8-9-17(15)34-21)36(31,32)25-14-6-4-5-7-16(14)33-3/h4-11,25H,12H2,1-3H3,(H,24,28). The van der Waals surface area contributed by atoms with Gasteiger partial charge in [-0.15, -0.1) is 0 Å². The molecule has 0 aliphatic heterocycles. The van der Waals surface area contributed by atoms with Gasteiger partial charge in [-0.1, -0.05) is 23.9 Å². The van der Waals surface area contributed by atoms with Gasteiger partial charge in [-0.05, 0) is 30.3 Å². The summed E-state index contributed by atoms with van der Waals surface area (Å²) in [5, 5.41) is 2.65. The maximum atomic E-state index is 12.9. The van der Waals surface area contributed by atoms with Crippen LogP contribution in [0.4, 0.5) is 11.5 Å². The zero-order valence-electron chi connectivity index (χ0n) is 19.3. The molecule has 0 saturated carbocycles. The first kappa shape index (κ1) is 25.1. The highest BCUT2D eigenvalue weighted by Crippen LogP contribution is 2.29. The van der Waals surface area contributed by atoms with E-state index in [-0.39, 0.29) is 32.9 Å². The molecule has 0 aliphatic rings. The molecule has 0 saturated heterocycles. The molecule has 36 heavy (non-hydrogen) atoms. The fraction of sp³-hybridized carbons (Fsp3) is 0.182. The number of hydrogen-bond acceptors (Lipinski definition) is 9. The summed E-state index contributed by atoms with van der Waals surface area (Å²) in [6, 6.07) is 12.0. The number of ether oxygens (including phenoxy) is 1. The molecule has 14 heteroatoms.